The van der Waals surface area contributed by atoms with E-state index in [2.05, 4.69) is 181 Å². The van der Waals surface area contributed by atoms with Crippen LogP contribution in [-0.4, -0.2) is 29.3 Å². The van der Waals surface area contributed by atoms with Crippen molar-refractivity contribution in [2.24, 2.45) is 11.3 Å². The van der Waals surface area contributed by atoms with E-state index in [0.29, 0.717) is 0 Å². The van der Waals surface area contributed by atoms with E-state index in [-0.39, 0.29) is 29.6 Å². The maximum atomic E-state index is 5.41. The van der Waals surface area contributed by atoms with E-state index in [0.717, 1.165) is 42.2 Å². The van der Waals surface area contributed by atoms with Crippen molar-refractivity contribution in [2.45, 2.75) is 58.3 Å². The number of nitrogens with zero attached hydrogens (tertiary/aromatic N) is 6. The summed E-state index contributed by atoms with van der Waals surface area (Å²) in [4.78, 5) is 20.8. The van der Waals surface area contributed by atoms with Gasteiger partial charge in [-0.25, -0.2) is 9.97 Å². The minimum Gasteiger partial charge on any atom is -0.349 e. The Kier molecular flexibility index (Phi) is 7.01. The normalized spacial score (nSPS) is 21.9. The summed E-state index contributed by atoms with van der Waals surface area (Å²) in [7, 11) is 2.27. The van der Waals surface area contributed by atoms with Gasteiger partial charge >= 0.3 is 0 Å². The van der Waals surface area contributed by atoms with Crippen LogP contribution in [0.4, 0.5) is 39.9 Å². The molecule has 0 spiro atoms. The molecule has 10 rings (SSSR count). The van der Waals surface area contributed by atoms with E-state index >= 15 is 0 Å². The fourth-order valence-corrected chi connectivity index (χ4v) is 10.5. The minimum atomic E-state index is -0.0978. The van der Waals surface area contributed by atoms with Crippen LogP contribution in [0.3, 0.4) is 0 Å². The lowest BCUT2D eigenvalue weighted by molar-refractivity contribution is 0.0939. The predicted octanol–water partition coefficient (Wildman–Crippen LogP) is 10.8. The minimum absolute atomic E-state index is 0.0716. The molecule has 6 nitrogen and oxygen atoms in total. The van der Waals surface area contributed by atoms with E-state index in [4.69, 9.17) is 9.97 Å². The van der Waals surface area contributed by atoms with Crippen molar-refractivity contribution in [1.29, 1.82) is 0 Å². The second-order valence-electron chi connectivity index (χ2n) is 15.0. The van der Waals surface area contributed by atoms with E-state index in [1.165, 1.54) is 45.1 Å². The zero-order chi connectivity index (χ0) is 35.1. The number of aromatic nitrogens is 2. The number of rotatable bonds is 5. The number of aryl methyl sites for hydroxylation is 1. The van der Waals surface area contributed by atoms with Gasteiger partial charge in [-0.05, 0) is 79.3 Å². The number of para-hydroxylation sites is 5. The molecular formula is C46H44N6. The van der Waals surface area contributed by atoms with E-state index in [1.54, 1.807) is 0 Å². The highest BCUT2D eigenvalue weighted by Gasteiger charge is 2.61. The first-order valence-electron chi connectivity index (χ1n) is 18.9. The molecule has 0 fully saturated rings. The second-order valence-corrected chi connectivity index (χ2v) is 15.0. The third kappa shape index (κ3) is 4.18. The van der Waals surface area contributed by atoms with Crippen LogP contribution in [0.5, 0.6) is 0 Å². The third-order valence-corrected chi connectivity index (χ3v) is 12.8. The summed E-state index contributed by atoms with van der Waals surface area (Å²) in [6.07, 6.45) is 5.31. The zero-order valence-corrected chi connectivity index (χ0v) is 30.3. The quantitative estimate of drug-likeness (QED) is 0.180. The maximum absolute atomic E-state index is 5.41. The van der Waals surface area contributed by atoms with Crippen LogP contribution in [0.1, 0.15) is 49.3 Å². The molecule has 4 atom stereocenters. The van der Waals surface area contributed by atoms with Crippen LogP contribution in [0, 0.1) is 18.3 Å². The molecular weight excluding hydrogens is 637 g/mol. The fraction of sp³-hybridized carbons (Fsp3) is 0.261. The molecule has 0 amide bonds. The Morgan fingerprint density at radius 3 is 2.04 bits per heavy atom. The van der Waals surface area contributed by atoms with E-state index in [1.807, 2.05) is 0 Å². The smallest absolute Gasteiger partial charge is 0.162 e. The van der Waals surface area contributed by atoms with Crippen LogP contribution >= 0.6 is 0 Å². The summed E-state index contributed by atoms with van der Waals surface area (Å²) >= 11 is 0. The molecule has 0 N–H and O–H groups in total. The highest BCUT2D eigenvalue weighted by Crippen LogP contribution is 2.66. The molecule has 0 radical (unpaired) electrons. The first-order valence-corrected chi connectivity index (χ1v) is 18.9. The van der Waals surface area contributed by atoms with Gasteiger partial charge in [0.1, 0.15) is 18.0 Å². The van der Waals surface area contributed by atoms with Gasteiger partial charge in [0.25, 0.3) is 0 Å². The van der Waals surface area contributed by atoms with E-state index < -0.39 is 0 Å². The molecule has 6 aromatic rings. The summed E-state index contributed by atoms with van der Waals surface area (Å²) < 4.78 is 0. The molecule has 5 aromatic carbocycles. The third-order valence-electron chi connectivity index (χ3n) is 12.8. The first kappa shape index (κ1) is 31.1. The molecule has 258 valence electrons. The molecule has 4 aliphatic rings. The summed E-state index contributed by atoms with van der Waals surface area (Å²) in [5.41, 5.74) is 12.5. The molecule has 0 bridgehead atoms. The molecule has 0 saturated heterocycles. The van der Waals surface area contributed by atoms with Crippen LogP contribution in [0.15, 0.2) is 134 Å². The lowest BCUT2D eigenvalue weighted by Crippen LogP contribution is -2.61. The lowest BCUT2D eigenvalue weighted by atomic mass is 9.57. The van der Waals surface area contributed by atoms with Crippen molar-refractivity contribution in [3.63, 3.8) is 0 Å². The van der Waals surface area contributed by atoms with Gasteiger partial charge in [-0.15, -0.1) is 0 Å². The van der Waals surface area contributed by atoms with Crippen molar-refractivity contribution < 1.29 is 0 Å². The van der Waals surface area contributed by atoms with Crippen molar-refractivity contribution in [2.75, 3.05) is 26.6 Å². The van der Waals surface area contributed by atoms with Crippen LogP contribution in [0.2, 0.25) is 0 Å². The van der Waals surface area contributed by atoms with Gasteiger partial charge in [0, 0.05) is 46.9 Å². The summed E-state index contributed by atoms with van der Waals surface area (Å²) in [6, 6.07) is 46.9. The average Bonchev–Trinajstić information content (AvgIpc) is 3.70. The van der Waals surface area contributed by atoms with Crippen molar-refractivity contribution in [3.05, 3.63) is 150 Å². The molecule has 6 heteroatoms. The van der Waals surface area contributed by atoms with Crippen LogP contribution < -0.4 is 19.6 Å². The van der Waals surface area contributed by atoms with Crippen molar-refractivity contribution in [1.82, 2.24) is 9.97 Å². The van der Waals surface area contributed by atoms with Gasteiger partial charge in [-0.3, -0.25) is 0 Å². The largest absolute Gasteiger partial charge is 0.349 e. The monoisotopic (exact) mass is 680 g/mol. The average molecular weight is 681 g/mol. The molecule has 5 heterocycles. The fourth-order valence-electron chi connectivity index (χ4n) is 10.5. The molecule has 1 aromatic heterocycles. The van der Waals surface area contributed by atoms with Crippen LogP contribution in [-0.2, 0) is 6.42 Å². The van der Waals surface area contributed by atoms with Gasteiger partial charge in [-0.1, -0.05) is 105 Å². The molecule has 52 heavy (non-hydrogen) atoms. The number of fused-ring (bicyclic) bond motifs is 10. The van der Waals surface area contributed by atoms with Gasteiger partial charge in [0.2, 0.25) is 0 Å². The molecule has 4 unspecified atom stereocenters. The van der Waals surface area contributed by atoms with E-state index in [9.17, 15) is 0 Å². The molecule has 0 saturated carbocycles. The van der Waals surface area contributed by atoms with Gasteiger partial charge in [-0.2, -0.15) is 0 Å². The molecule has 0 aliphatic carbocycles. The summed E-state index contributed by atoms with van der Waals surface area (Å²) in [5, 5.41) is 0. The van der Waals surface area contributed by atoms with Crippen molar-refractivity contribution >= 4 is 39.9 Å². The predicted molar refractivity (Wildman–Crippen MR) is 213 cm³/mol. The summed E-state index contributed by atoms with van der Waals surface area (Å²) in [6.45, 7) is 7.03. The van der Waals surface area contributed by atoms with Crippen molar-refractivity contribution in [3.8, 4) is 11.4 Å². The topological polar surface area (TPSA) is 38.7 Å². The Bertz CT molecular complexity index is 2310. The Morgan fingerprint density at radius 2 is 1.29 bits per heavy atom. The first-order chi connectivity index (χ1) is 25.6. The maximum Gasteiger partial charge on any atom is 0.162 e. The standard InChI is InChI=1S/C46H44N6/c1-5-46(6-2)41(34-23-13-15-25-37(34)51-39-27-17-16-26-38(39)50(45(46)51)32-20-8-7-9-21-32)35-28-31-19-11-14-24-36(31)52-43-40(49(4)44(35)52)29-47-42(48-43)33-22-12-10-18-30(33)3/h7-27,29,35,41,44-45H,5-6,28H2,1-4H3. The number of anilines is 7. The Hall–Kier alpha value is -5.62. The number of benzene rings is 5. The lowest BCUT2D eigenvalue weighted by Gasteiger charge is -2.59. The Labute approximate surface area is 307 Å². The second kappa shape index (κ2) is 11.7. The van der Waals surface area contributed by atoms with Gasteiger partial charge < -0.3 is 19.6 Å². The Morgan fingerprint density at radius 1 is 0.654 bits per heavy atom. The molecule has 4 aliphatic heterocycles. The van der Waals surface area contributed by atoms with Crippen LogP contribution in [0.25, 0.3) is 11.4 Å². The SMILES string of the molecule is CCC1(CC)C(C2Cc3ccccc3N3c4nc(-c5ccccc5C)ncc4N(C)C23)c2ccccc2N2c3ccccc3N(c3ccccc3)C21. The zero-order valence-electron chi connectivity index (χ0n) is 30.3. The van der Waals surface area contributed by atoms with Gasteiger partial charge in [0.05, 0.1) is 17.6 Å². The number of hydrogen-bond donors (Lipinski definition) is 0. The number of hydrogen-bond acceptors (Lipinski definition) is 6. The Balaban J connectivity index is 1.20. The highest BCUT2D eigenvalue weighted by atomic mass is 15.5. The highest BCUT2D eigenvalue weighted by molar-refractivity contribution is 5.91. The summed E-state index contributed by atoms with van der Waals surface area (Å²) in [5.74, 6) is 2.30. The van der Waals surface area contributed by atoms with Gasteiger partial charge in [0.15, 0.2) is 11.6 Å².